The molecular weight excluding hydrogens is 243 g/mol. The van der Waals surface area contributed by atoms with Gasteiger partial charge in [-0.2, -0.15) is 0 Å². The molecule has 0 saturated heterocycles. The molecule has 8 heteroatoms. The molecule has 0 aliphatic heterocycles. The fourth-order valence-corrected chi connectivity index (χ4v) is 1.62. The molecule has 0 bridgehead atoms. The molecule has 0 aromatic heterocycles. The van der Waals surface area contributed by atoms with Crippen LogP contribution in [0.25, 0.3) is 0 Å². The second-order valence-corrected chi connectivity index (χ2v) is 5.33. The highest BCUT2D eigenvalue weighted by molar-refractivity contribution is 8.45. The SMILES string of the molecule is OCc1cc(S(F)(F)(F)(F)F)ccc1O. The smallest absolute Gasteiger partial charge is 0.310 e. The summed E-state index contributed by atoms with van der Waals surface area (Å²) in [5.41, 5.74) is -0.597. The summed E-state index contributed by atoms with van der Waals surface area (Å²) in [7, 11) is -9.73. The molecule has 15 heavy (non-hydrogen) atoms. The molecule has 88 valence electrons. The summed E-state index contributed by atoms with van der Waals surface area (Å²) < 4.78 is 61.2. The Bertz CT molecular complexity index is 399. The van der Waals surface area contributed by atoms with Gasteiger partial charge in [-0.25, -0.2) is 0 Å². The Morgan fingerprint density at radius 3 is 2.00 bits per heavy atom. The maximum Gasteiger partial charge on any atom is 0.310 e. The van der Waals surface area contributed by atoms with E-state index in [0.717, 1.165) is 0 Å². The van der Waals surface area contributed by atoms with E-state index in [1.165, 1.54) is 0 Å². The van der Waals surface area contributed by atoms with Crippen molar-refractivity contribution in [3.63, 3.8) is 0 Å². The first kappa shape index (κ1) is 12.1. The molecule has 0 aliphatic rings. The lowest BCUT2D eigenvalue weighted by molar-refractivity contribution is 0.275. The normalized spacial score (nSPS) is 16.9. The Labute approximate surface area is 81.7 Å². The van der Waals surface area contributed by atoms with Crippen LogP contribution in [0, 0.1) is 0 Å². The van der Waals surface area contributed by atoms with Crippen LogP contribution in [0.15, 0.2) is 23.1 Å². The van der Waals surface area contributed by atoms with Gasteiger partial charge in [0.15, 0.2) is 0 Å². The number of hydrogen-bond acceptors (Lipinski definition) is 2. The monoisotopic (exact) mass is 250 g/mol. The van der Waals surface area contributed by atoms with Crippen molar-refractivity contribution in [3.05, 3.63) is 23.8 Å². The molecule has 0 amide bonds. The molecule has 0 unspecified atom stereocenters. The third-order valence-electron chi connectivity index (χ3n) is 1.67. The van der Waals surface area contributed by atoms with Crippen molar-refractivity contribution in [1.29, 1.82) is 0 Å². The van der Waals surface area contributed by atoms with E-state index >= 15 is 0 Å². The van der Waals surface area contributed by atoms with Gasteiger partial charge in [-0.1, -0.05) is 19.4 Å². The highest BCUT2D eigenvalue weighted by Gasteiger charge is 2.65. The van der Waals surface area contributed by atoms with Crippen LogP contribution >= 0.6 is 10.2 Å². The van der Waals surface area contributed by atoms with Crippen LogP contribution in [0.1, 0.15) is 5.56 Å². The quantitative estimate of drug-likeness (QED) is 0.788. The Morgan fingerprint density at radius 1 is 1.07 bits per heavy atom. The summed E-state index contributed by atoms with van der Waals surface area (Å²) in [6.07, 6.45) is 0. The Hall–Kier alpha value is -1.02. The second kappa shape index (κ2) is 2.56. The molecule has 0 aliphatic carbocycles. The number of aliphatic hydroxyl groups is 1. The lowest BCUT2D eigenvalue weighted by Crippen LogP contribution is -2.06. The van der Waals surface area contributed by atoms with Gasteiger partial charge < -0.3 is 10.2 Å². The Kier molecular flexibility index (Phi) is 2.06. The lowest BCUT2D eigenvalue weighted by Gasteiger charge is -2.40. The second-order valence-electron chi connectivity index (χ2n) is 2.92. The van der Waals surface area contributed by atoms with Crippen molar-refractivity contribution in [2.75, 3.05) is 0 Å². The molecule has 0 radical (unpaired) electrons. The van der Waals surface area contributed by atoms with Crippen LogP contribution in [-0.2, 0) is 6.61 Å². The molecule has 2 nitrogen and oxygen atoms in total. The van der Waals surface area contributed by atoms with E-state index in [1.54, 1.807) is 0 Å². The fourth-order valence-electron chi connectivity index (χ4n) is 0.928. The van der Waals surface area contributed by atoms with E-state index in [9.17, 15) is 19.4 Å². The minimum absolute atomic E-state index is 0.0386. The zero-order valence-corrected chi connectivity index (χ0v) is 7.95. The van der Waals surface area contributed by atoms with Crippen LogP contribution < -0.4 is 0 Å². The lowest BCUT2D eigenvalue weighted by atomic mass is 10.2. The number of aromatic hydroxyl groups is 1. The van der Waals surface area contributed by atoms with Gasteiger partial charge in [0, 0.05) is 5.56 Å². The molecule has 0 heterocycles. The third-order valence-corrected chi connectivity index (χ3v) is 2.81. The Balaban J connectivity index is 3.44. The van der Waals surface area contributed by atoms with Gasteiger partial charge in [-0.05, 0) is 18.2 Å². The van der Waals surface area contributed by atoms with Gasteiger partial charge in [-0.15, -0.1) is 0 Å². The van der Waals surface area contributed by atoms with Crippen molar-refractivity contribution in [2.45, 2.75) is 11.5 Å². The highest BCUT2D eigenvalue weighted by atomic mass is 32.5. The average Bonchev–Trinajstić information content (AvgIpc) is 2.00. The topological polar surface area (TPSA) is 40.5 Å². The number of rotatable bonds is 2. The molecule has 0 saturated carbocycles. The van der Waals surface area contributed by atoms with E-state index in [0.29, 0.717) is 6.07 Å². The zero-order chi connectivity index (χ0) is 12.0. The first-order valence-corrected chi connectivity index (χ1v) is 5.56. The highest BCUT2D eigenvalue weighted by Crippen LogP contribution is 3.02. The summed E-state index contributed by atoms with van der Waals surface area (Å²) in [5, 5.41) is 17.4. The minimum Gasteiger partial charge on any atom is -0.508 e. The first-order valence-electron chi connectivity index (χ1n) is 3.61. The van der Waals surface area contributed by atoms with Crippen LogP contribution in [0.3, 0.4) is 0 Å². The van der Waals surface area contributed by atoms with Crippen molar-refractivity contribution >= 4 is 10.2 Å². The Morgan fingerprint density at radius 2 is 1.60 bits per heavy atom. The summed E-state index contributed by atoms with van der Waals surface area (Å²) in [4.78, 5) is -2.13. The first-order chi connectivity index (χ1) is 6.44. The van der Waals surface area contributed by atoms with Gasteiger partial charge in [0.2, 0.25) is 0 Å². The van der Waals surface area contributed by atoms with Crippen LogP contribution in [0.2, 0.25) is 0 Å². The molecule has 0 spiro atoms. The summed E-state index contributed by atoms with van der Waals surface area (Å²) in [6.45, 7) is -0.951. The van der Waals surface area contributed by atoms with Gasteiger partial charge in [0.05, 0.1) is 6.61 Å². The minimum atomic E-state index is -9.73. The van der Waals surface area contributed by atoms with E-state index in [4.69, 9.17) is 10.2 Å². The maximum atomic E-state index is 12.2. The molecule has 1 rings (SSSR count). The molecule has 2 N–H and O–H groups in total. The standard InChI is InChI=1S/C7H7F5O2S/c8-15(9,10,11,12)6-1-2-7(14)5(3-6)4-13/h1-3,13-14H,4H2. The van der Waals surface area contributed by atoms with Crippen molar-refractivity contribution in [1.82, 2.24) is 0 Å². The van der Waals surface area contributed by atoms with Gasteiger partial charge in [0.1, 0.15) is 10.6 Å². The number of aliphatic hydroxyl groups excluding tert-OH is 1. The van der Waals surface area contributed by atoms with Crippen LogP contribution in [0.4, 0.5) is 19.4 Å². The third kappa shape index (κ3) is 2.72. The summed E-state index contributed by atoms with van der Waals surface area (Å²) in [5.74, 6) is -0.664. The predicted molar refractivity (Wildman–Crippen MR) is 45.4 cm³/mol. The summed E-state index contributed by atoms with van der Waals surface area (Å²) >= 11 is 0. The largest absolute Gasteiger partial charge is 0.508 e. The van der Waals surface area contributed by atoms with Gasteiger partial charge in [-0.3, -0.25) is 0 Å². The van der Waals surface area contributed by atoms with Crippen molar-refractivity contribution in [3.8, 4) is 5.75 Å². The number of phenols is 1. The van der Waals surface area contributed by atoms with Crippen LogP contribution in [-0.4, -0.2) is 10.2 Å². The van der Waals surface area contributed by atoms with Gasteiger partial charge >= 0.3 is 10.2 Å². The maximum absolute atomic E-state index is 12.2. The van der Waals surface area contributed by atoms with Crippen molar-refractivity contribution < 1.29 is 29.6 Å². The average molecular weight is 250 g/mol. The van der Waals surface area contributed by atoms with E-state index in [1.807, 2.05) is 0 Å². The van der Waals surface area contributed by atoms with Gasteiger partial charge in [0.25, 0.3) is 0 Å². The molecular formula is C7H7F5O2S. The zero-order valence-electron chi connectivity index (χ0n) is 7.13. The summed E-state index contributed by atoms with van der Waals surface area (Å²) in [6, 6.07) is 0.589. The predicted octanol–water partition coefficient (Wildman–Crippen LogP) is 3.54. The molecule has 1 aromatic rings. The molecule has 0 atom stereocenters. The molecule has 0 fully saturated rings. The van der Waals surface area contributed by atoms with Crippen molar-refractivity contribution in [2.24, 2.45) is 0 Å². The number of benzene rings is 1. The van der Waals surface area contributed by atoms with E-state index < -0.39 is 33.0 Å². The fraction of sp³-hybridized carbons (Fsp3) is 0.143. The number of hydrogen-bond donors (Lipinski definition) is 2. The number of halogens is 5. The van der Waals surface area contributed by atoms with Crippen LogP contribution in [0.5, 0.6) is 5.75 Å². The van der Waals surface area contributed by atoms with E-state index in [-0.39, 0.29) is 12.1 Å². The van der Waals surface area contributed by atoms with E-state index in [2.05, 4.69) is 0 Å². The molecule has 1 aromatic carbocycles.